The van der Waals surface area contributed by atoms with Gasteiger partial charge in [0, 0.05) is 23.3 Å². The fourth-order valence-corrected chi connectivity index (χ4v) is 3.76. The number of hydrogen-bond donors (Lipinski definition) is 1. The van der Waals surface area contributed by atoms with E-state index >= 15 is 0 Å². The summed E-state index contributed by atoms with van der Waals surface area (Å²) in [7, 11) is 0. The topological polar surface area (TPSA) is 29.1 Å². The Morgan fingerprint density at radius 2 is 2.33 bits per heavy atom. The van der Waals surface area contributed by atoms with Crippen molar-refractivity contribution in [2.45, 2.75) is 31.1 Å². The summed E-state index contributed by atoms with van der Waals surface area (Å²) in [4.78, 5) is 12.7. The zero-order valence-corrected chi connectivity index (χ0v) is 9.48. The Morgan fingerprint density at radius 3 is 2.87 bits per heavy atom. The second-order valence-corrected chi connectivity index (χ2v) is 5.63. The first-order chi connectivity index (χ1) is 7.31. The molecule has 1 unspecified atom stereocenters. The first kappa shape index (κ1) is 9.40. The van der Waals surface area contributed by atoms with Gasteiger partial charge >= 0.3 is 0 Å². The molecule has 1 aromatic rings. The van der Waals surface area contributed by atoms with Crippen LogP contribution in [0.3, 0.4) is 0 Å². The van der Waals surface area contributed by atoms with Crippen LogP contribution in [0.1, 0.15) is 30.6 Å². The van der Waals surface area contributed by atoms with Gasteiger partial charge < -0.3 is 5.32 Å². The number of hydrogen-bond acceptors (Lipinski definition) is 2. The van der Waals surface area contributed by atoms with Crippen molar-refractivity contribution in [3.05, 3.63) is 22.4 Å². The van der Waals surface area contributed by atoms with Crippen molar-refractivity contribution in [1.82, 2.24) is 5.32 Å². The van der Waals surface area contributed by atoms with Gasteiger partial charge in [0.25, 0.3) is 0 Å². The van der Waals surface area contributed by atoms with E-state index in [1.54, 1.807) is 0 Å². The van der Waals surface area contributed by atoms with Gasteiger partial charge in [-0.05, 0) is 36.6 Å². The predicted molar refractivity (Wildman–Crippen MR) is 61.0 cm³/mol. The minimum Gasteiger partial charge on any atom is -0.355 e. The molecule has 15 heavy (non-hydrogen) atoms. The molecule has 1 saturated carbocycles. The number of carbonyl (C=O) groups is 1. The van der Waals surface area contributed by atoms with E-state index in [4.69, 9.17) is 0 Å². The number of thiophene rings is 1. The highest BCUT2D eigenvalue weighted by Gasteiger charge is 2.48. The first-order valence-electron chi connectivity index (χ1n) is 5.62. The van der Waals surface area contributed by atoms with Gasteiger partial charge in [0.1, 0.15) is 0 Å². The minimum atomic E-state index is 0.225. The minimum absolute atomic E-state index is 0.225. The molecule has 1 amide bonds. The SMILES string of the molecule is O=C1CCC(c2cccs2)(C2CC2)CN1. The molecule has 1 saturated heterocycles. The second-order valence-electron chi connectivity index (χ2n) is 4.68. The van der Waals surface area contributed by atoms with Gasteiger partial charge in [-0.3, -0.25) is 4.79 Å². The molecule has 0 bridgehead atoms. The fraction of sp³-hybridized carbons (Fsp3) is 0.583. The molecule has 1 atom stereocenters. The van der Waals surface area contributed by atoms with Crippen molar-refractivity contribution >= 4 is 17.2 Å². The number of carbonyl (C=O) groups excluding carboxylic acids is 1. The molecule has 1 aromatic heterocycles. The third-order valence-electron chi connectivity index (χ3n) is 3.77. The Hall–Kier alpha value is -0.830. The smallest absolute Gasteiger partial charge is 0.220 e. The molecule has 2 nitrogen and oxygen atoms in total. The molecular weight excluding hydrogens is 206 g/mol. The Morgan fingerprint density at radius 1 is 1.47 bits per heavy atom. The lowest BCUT2D eigenvalue weighted by atomic mass is 9.75. The second kappa shape index (κ2) is 3.34. The highest BCUT2D eigenvalue weighted by atomic mass is 32.1. The Kier molecular flexibility index (Phi) is 2.09. The van der Waals surface area contributed by atoms with Gasteiger partial charge in [-0.1, -0.05) is 6.07 Å². The lowest BCUT2D eigenvalue weighted by molar-refractivity contribution is -0.123. The molecule has 0 radical (unpaired) electrons. The van der Waals surface area contributed by atoms with E-state index in [1.165, 1.54) is 17.7 Å². The molecular formula is C12H15NOS. The summed E-state index contributed by atoms with van der Waals surface area (Å²) in [6.07, 6.45) is 4.43. The van der Waals surface area contributed by atoms with Crippen LogP contribution in [-0.2, 0) is 10.2 Å². The molecule has 80 valence electrons. The zero-order chi connectivity index (χ0) is 10.3. The maximum atomic E-state index is 11.3. The summed E-state index contributed by atoms with van der Waals surface area (Å²) < 4.78 is 0. The van der Waals surface area contributed by atoms with Crippen molar-refractivity contribution in [3.63, 3.8) is 0 Å². The van der Waals surface area contributed by atoms with E-state index in [0.29, 0.717) is 6.42 Å². The van der Waals surface area contributed by atoms with Crippen LogP contribution in [0.25, 0.3) is 0 Å². The normalized spacial score (nSPS) is 31.3. The van der Waals surface area contributed by atoms with Crippen LogP contribution in [-0.4, -0.2) is 12.5 Å². The largest absolute Gasteiger partial charge is 0.355 e. The van der Waals surface area contributed by atoms with E-state index in [-0.39, 0.29) is 11.3 Å². The average Bonchev–Trinajstić information content (AvgIpc) is 2.96. The summed E-state index contributed by atoms with van der Waals surface area (Å²) in [5.41, 5.74) is 0.280. The molecule has 1 N–H and O–H groups in total. The highest BCUT2D eigenvalue weighted by Crippen LogP contribution is 2.51. The lowest BCUT2D eigenvalue weighted by Crippen LogP contribution is -2.47. The first-order valence-corrected chi connectivity index (χ1v) is 6.50. The van der Waals surface area contributed by atoms with Crippen molar-refractivity contribution < 1.29 is 4.79 Å². The standard InChI is InChI=1S/C12H15NOS/c14-11-5-6-12(8-13-11,9-3-4-9)10-2-1-7-15-10/h1-2,7,9H,3-6,8H2,(H,13,14). The lowest BCUT2D eigenvalue weighted by Gasteiger charge is -2.37. The van der Waals surface area contributed by atoms with Gasteiger partial charge in [-0.2, -0.15) is 0 Å². The van der Waals surface area contributed by atoms with Crippen molar-refractivity contribution in [1.29, 1.82) is 0 Å². The van der Waals surface area contributed by atoms with Crippen molar-refractivity contribution in [2.24, 2.45) is 5.92 Å². The number of amides is 1. The maximum Gasteiger partial charge on any atom is 0.220 e. The summed E-state index contributed by atoms with van der Waals surface area (Å²) in [5.74, 6) is 1.04. The van der Waals surface area contributed by atoms with Crippen LogP contribution < -0.4 is 5.32 Å². The molecule has 3 rings (SSSR count). The van der Waals surface area contributed by atoms with Crippen LogP contribution in [0.5, 0.6) is 0 Å². The monoisotopic (exact) mass is 221 g/mol. The maximum absolute atomic E-state index is 11.3. The van der Waals surface area contributed by atoms with E-state index in [0.717, 1.165) is 18.9 Å². The Balaban J connectivity index is 1.92. The molecule has 2 aliphatic rings. The van der Waals surface area contributed by atoms with E-state index in [9.17, 15) is 4.79 Å². The zero-order valence-electron chi connectivity index (χ0n) is 8.66. The van der Waals surface area contributed by atoms with E-state index in [1.807, 2.05) is 11.3 Å². The van der Waals surface area contributed by atoms with Crippen molar-refractivity contribution in [3.8, 4) is 0 Å². The number of rotatable bonds is 2. The van der Waals surface area contributed by atoms with Crippen LogP contribution in [0.15, 0.2) is 17.5 Å². The molecule has 3 heteroatoms. The average molecular weight is 221 g/mol. The van der Waals surface area contributed by atoms with Crippen molar-refractivity contribution in [2.75, 3.05) is 6.54 Å². The molecule has 1 aliphatic heterocycles. The molecule has 2 heterocycles. The van der Waals surface area contributed by atoms with Gasteiger partial charge in [0.05, 0.1) is 0 Å². The predicted octanol–water partition coefficient (Wildman–Crippen LogP) is 2.31. The van der Waals surface area contributed by atoms with Crippen LogP contribution in [0.2, 0.25) is 0 Å². The van der Waals surface area contributed by atoms with Gasteiger partial charge in [-0.25, -0.2) is 0 Å². The van der Waals surface area contributed by atoms with Crippen LogP contribution in [0.4, 0.5) is 0 Å². The van der Waals surface area contributed by atoms with Gasteiger partial charge in [0.2, 0.25) is 5.91 Å². The number of piperidine rings is 1. The third-order valence-corrected chi connectivity index (χ3v) is 4.86. The van der Waals surface area contributed by atoms with Crippen LogP contribution >= 0.6 is 11.3 Å². The van der Waals surface area contributed by atoms with Crippen LogP contribution in [0, 0.1) is 5.92 Å². The molecule has 0 spiro atoms. The fourth-order valence-electron chi connectivity index (χ4n) is 2.73. The number of nitrogens with one attached hydrogen (secondary N) is 1. The summed E-state index contributed by atoms with van der Waals surface area (Å²) in [6, 6.07) is 4.36. The molecule has 0 aromatic carbocycles. The summed E-state index contributed by atoms with van der Waals surface area (Å²) >= 11 is 1.85. The summed E-state index contributed by atoms with van der Waals surface area (Å²) in [6.45, 7) is 0.858. The Labute approximate surface area is 93.7 Å². The van der Waals surface area contributed by atoms with E-state index < -0.39 is 0 Å². The Bertz CT molecular complexity index is 357. The van der Waals surface area contributed by atoms with E-state index in [2.05, 4.69) is 22.8 Å². The molecule has 1 aliphatic carbocycles. The van der Waals surface area contributed by atoms with Gasteiger partial charge in [-0.15, -0.1) is 11.3 Å². The van der Waals surface area contributed by atoms with Gasteiger partial charge in [0.15, 0.2) is 0 Å². The quantitative estimate of drug-likeness (QED) is 0.815. The molecule has 2 fully saturated rings. The third kappa shape index (κ3) is 1.49. The highest BCUT2D eigenvalue weighted by molar-refractivity contribution is 7.10. The summed E-state index contributed by atoms with van der Waals surface area (Å²) in [5, 5.41) is 5.20.